The molecule has 1 aliphatic rings. The molecule has 0 aliphatic carbocycles. The van der Waals surface area contributed by atoms with Gasteiger partial charge < -0.3 is 19.9 Å². The highest BCUT2D eigenvalue weighted by Crippen LogP contribution is 2.27. The summed E-state index contributed by atoms with van der Waals surface area (Å²) in [5, 5.41) is 12.6. The lowest BCUT2D eigenvalue weighted by molar-refractivity contribution is 0.189. The van der Waals surface area contributed by atoms with Gasteiger partial charge in [0.15, 0.2) is 17.5 Å². The maximum atomic E-state index is 13.5. The highest BCUT2D eigenvalue weighted by Gasteiger charge is 2.28. The number of rotatable bonds is 3. The molecule has 0 radical (unpaired) electrons. The van der Waals surface area contributed by atoms with Crippen LogP contribution in [0.1, 0.15) is 24.9 Å². The number of guanidine groups is 1. The monoisotopic (exact) mass is 473 g/mol. The number of halogens is 2. The minimum atomic E-state index is -0.610. The number of hydrogen-bond donors (Lipinski definition) is 2. The summed E-state index contributed by atoms with van der Waals surface area (Å²) in [7, 11) is 1.75. The van der Waals surface area contributed by atoms with E-state index in [9.17, 15) is 9.50 Å². The van der Waals surface area contributed by atoms with Crippen LogP contribution < -0.4 is 5.32 Å². The Bertz CT molecular complexity index is 737. The molecule has 2 N–H and O–H groups in total. The summed E-state index contributed by atoms with van der Waals surface area (Å²) in [6, 6.07) is 4.75. The highest BCUT2D eigenvalue weighted by molar-refractivity contribution is 14.0. The molecule has 1 aromatic carbocycles. The third-order valence-corrected chi connectivity index (χ3v) is 4.80. The smallest absolute Gasteiger partial charge is 0.193 e. The average molecular weight is 473 g/mol. The Morgan fingerprint density at radius 2 is 2.27 bits per heavy atom. The Morgan fingerprint density at radius 3 is 2.92 bits per heavy atom. The molecule has 0 amide bonds. The second-order valence-corrected chi connectivity index (χ2v) is 6.48. The summed E-state index contributed by atoms with van der Waals surface area (Å²) in [6.07, 6.45) is 6.73. The van der Waals surface area contributed by atoms with Crippen molar-refractivity contribution < 1.29 is 9.50 Å². The van der Waals surface area contributed by atoms with Crippen molar-refractivity contribution in [3.05, 3.63) is 48.3 Å². The highest BCUT2D eigenvalue weighted by atomic mass is 127. The van der Waals surface area contributed by atoms with Gasteiger partial charge in [-0.25, -0.2) is 9.37 Å². The molecule has 1 saturated heterocycles. The molecule has 8 heteroatoms. The molecule has 2 unspecified atom stereocenters. The number of aliphatic imine (C=N–C) groups is 1. The van der Waals surface area contributed by atoms with Crippen molar-refractivity contribution in [2.45, 2.75) is 25.9 Å². The lowest BCUT2D eigenvalue weighted by Gasteiger charge is -2.39. The molecule has 26 heavy (non-hydrogen) atoms. The molecule has 0 spiro atoms. The number of nitrogens with one attached hydrogen (secondary N) is 1. The third-order valence-electron chi connectivity index (χ3n) is 4.80. The van der Waals surface area contributed by atoms with E-state index in [1.165, 1.54) is 12.1 Å². The van der Waals surface area contributed by atoms with Gasteiger partial charge in [-0.2, -0.15) is 0 Å². The molecule has 3 rings (SSSR count). The van der Waals surface area contributed by atoms with Gasteiger partial charge in [-0.3, -0.25) is 4.99 Å². The van der Waals surface area contributed by atoms with Gasteiger partial charge in [0.2, 0.25) is 0 Å². The van der Waals surface area contributed by atoms with Gasteiger partial charge in [0.1, 0.15) is 0 Å². The van der Waals surface area contributed by atoms with Crippen LogP contribution in [0, 0.1) is 11.7 Å². The first-order chi connectivity index (χ1) is 12.1. The summed E-state index contributed by atoms with van der Waals surface area (Å²) < 4.78 is 15.6. The van der Waals surface area contributed by atoms with Crippen molar-refractivity contribution in [3.63, 3.8) is 0 Å². The number of likely N-dealkylation sites (tertiary alicyclic amines) is 1. The fourth-order valence-electron chi connectivity index (χ4n) is 3.27. The zero-order chi connectivity index (χ0) is 17.8. The Kier molecular flexibility index (Phi) is 7.24. The van der Waals surface area contributed by atoms with E-state index in [0.717, 1.165) is 31.0 Å². The molecule has 142 valence electrons. The van der Waals surface area contributed by atoms with Crippen molar-refractivity contribution in [1.82, 2.24) is 19.8 Å². The topological polar surface area (TPSA) is 65.7 Å². The Labute approximate surface area is 170 Å². The fraction of sp³-hybridized carbons (Fsp3) is 0.444. The Hall–Kier alpha value is -1.84. The molecule has 1 aromatic heterocycles. The maximum Gasteiger partial charge on any atom is 0.193 e. The maximum absolute atomic E-state index is 13.5. The summed E-state index contributed by atoms with van der Waals surface area (Å²) in [4.78, 5) is 10.8. The lowest BCUT2D eigenvalue weighted by Crippen LogP contribution is -2.48. The molecule has 0 saturated carbocycles. The quantitative estimate of drug-likeness (QED) is 0.409. The standard InChI is InChI=1S/C18H24FN5O.HI/c1-13-5-7-23(11-16(13)24-8-6-21-12-24)18(20-2)22-10-14-3-4-17(25)15(19)9-14;/h3-4,6,8-9,12-13,16,25H,5,7,10-11H2,1-2H3,(H,20,22);1H. The third kappa shape index (κ3) is 4.66. The molecule has 2 aromatic rings. The molecular weight excluding hydrogens is 448 g/mol. The zero-order valence-electron chi connectivity index (χ0n) is 15.0. The summed E-state index contributed by atoms with van der Waals surface area (Å²) in [6.45, 7) is 4.49. The number of phenolic OH excluding ortho intramolecular Hbond substituents is 1. The SMILES string of the molecule is CN=C(NCc1ccc(O)c(F)c1)N1CCC(C)C(n2ccnc2)C1.I. The summed E-state index contributed by atoms with van der Waals surface area (Å²) in [5.74, 6) is 0.419. The van der Waals surface area contributed by atoms with Crippen LogP contribution in [0.5, 0.6) is 5.75 Å². The van der Waals surface area contributed by atoms with E-state index in [1.807, 2.05) is 12.5 Å². The minimum Gasteiger partial charge on any atom is -0.505 e. The predicted octanol–water partition coefficient (Wildman–Crippen LogP) is 3.00. The Morgan fingerprint density at radius 1 is 1.46 bits per heavy atom. The normalized spacial score (nSPS) is 20.6. The van der Waals surface area contributed by atoms with Gasteiger partial charge in [-0.05, 0) is 30.0 Å². The number of aromatic nitrogens is 2. The number of phenols is 1. The van der Waals surface area contributed by atoms with Crippen molar-refractivity contribution in [3.8, 4) is 5.75 Å². The second-order valence-electron chi connectivity index (χ2n) is 6.48. The van der Waals surface area contributed by atoms with Gasteiger partial charge in [0.25, 0.3) is 0 Å². The van der Waals surface area contributed by atoms with E-state index in [2.05, 4.69) is 31.7 Å². The second kappa shape index (κ2) is 9.20. The predicted molar refractivity (Wildman–Crippen MR) is 110 cm³/mol. The van der Waals surface area contributed by atoms with Crippen LogP contribution in [0.25, 0.3) is 0 Å². The van der Waals surface area contributed by atoms with Crippen molar-refractivity contribution in [2.24, 2.45) is 10.9 Å². The number of nitrogens with zero attached hydrogens (tertiary/aromatic N) is 4. The van der Waals surface area contributed by atoms with E-state index in [1.54, 1.807) is 19.3 Å². The summed E-state index contributed by atoms with van der Waals surface area (Å²) >= 11 is 0. The number of benzene rings is 1. The van der Waals surface area contributed by atoms with Crippen LogP contribution in [0.15, 0.2) is 41.9 Å². The van der Waals surface area contributed by atoms with Crippen molar-refractivity contribution >= 4 is 29.9 Å². The number of piperidine rings is 1. The average Bonchev–Trinajstić information content (AvgIpc) is 3.14. The van der Waals surface area contributed by atoms with Crippen LogP contribution >= 0.6 is 24.0 Å². The van der Waals surface area contributed by atoms with E-state index in [-0.39, 0.29) is 29.7 Å². The van der Waals surface area contributed by atoms with Gasteiger partial charge in [0, 0.05) is 39.1 Å². The summed E-state index contributed by atoms with van der Waals surface area (Å²) in [5.41, 5.74) is 0.757. The van der Waals surface area contributed by atoms with Crippen LogP contribution in [0.2, 0.25) is 0 Å². The first kappa shape index (κ1) is 20.5. The molecule has 1 aliphatic heterocycles. The molecule has 2 atom stereocenters. The number of aromatic hydroxyl groups is 1. The molecule has 6 nitrogen and oxygen atoms in total. The van der Waals surface area contributed by atoms with E-state index in [4.69, 9.17) is 0 Å². The largest absolute Gasteiger partial charge is 0.505 e. The van der Waals surface area contributed by atoms with E-state index in [0.29, 0.717) is 18.5 Å². The van der Waals surface area contributed by atoms with Gasteiger partial charge in [0.05, 0.1) is 12.4 Å². The zero-order valence-corrected chi connectivity index (χ0v) is 17.3. The van der Waals surface area contributed by atoms with Gasteiger partial charge >= 0.3 is 0 Å². The van der Waals surface area contributed by atoms with E-state index >= 15 is 0 Å². The Balaban J connectivity index is 0.00000243. The van der Waals surface area contributed by atoms with Crippen LogP contribution in [-0.4, -0.2) is 45.7 Å². The molecular formula is C18H25FIN5O. The van der Waals surface area contributed by atoms with E-state index < -0.39 is 5.82 Å². The lowest BCUT2D eigenvalue weighted by atomic mass is 9.93. The van der Waals surface area contributed by atoms with Crippen LogP contribution in [0.3, 0.4) is 0 Å². The number of imidazole rings is 1. The van der Waals surface area contributed by atoms with Crippen molar-refractivity contribution in [1.29, 1.82) is 0 Å². The van der Waals surface area contributed by atoms with Crippen LogP contribution in [0.4, 0.5) is 4.39 Å². The molecule has 2 heterocycles. The van der Waals surface area contributed by atoms with Gasteiger partial charge in [-0.15, -0.1) is 24.0 Å². The van der Waals surface area contributed by atoms with Crippen molar-refractivity contribution in [2.75, 3.05) is 20.1 Å². The number of hydrogen-bond acceptors (Lipinski definition) is 3. The first-order valence-electron chi connectivity index (χ1n) is 8.49. The molecule has 0 bridgehead atoms. The van der Waals surface area contributed by atoms with Gasteiger partial charge in [-0.1, -0.05) is 13.0 Å². The minimum absolute atomic E-state index is 0. The first-order valence-corrected chi connectivity index (χ1v) is 8.49. The fourth-order valence-corrected chi connectivity index (χ4v) is 3.27. The van der Waals surface area contributed by atoms with Crippen LogP contribution in [-0.2, 0) is 6.54 Å². The molecule has 1 fully saturated rings.